The molecule has 26 heteroatoms. The Kier molecular flexibility index (Phi) is 25.9. The smallest absolute Gasteiger partial charge is 0.481 e. The van der Waals surface area contributed by atoms with Gasteiger partial charge in [0.05, 0.1) is 32.1 Å². The van der Waals surface area contributed by atoms with E-state index in [1.165, 1.54) is 22.4 Å². The molecule has 0 aliphatic carbocycles. The van der Waals surface area contributed by atoms with Crippen LogP contribution in [0.25, 0.3) is 0 Å². The van der Waals surface area contributed by atoms with Crippen molar-refractivity contribution in [3.8, 4) is 5.40 Å². The summed E-state index contributed by atoms with van der Waals surface area (Å²) in [6.07, 6.45) is -0.302. The number of nitrogens with one attached hydrogen (secondary N) is 2. The Balaban J connectivity index is 0.000000295. The number of aromatic amines is 2. The maximum Gasteiger partial charge on any atom is 1.00 e. The fourth-order valence-corrected chi connectivity index (χ4v) is 9.67. The van der Waals surface area contributed by atoms with Crippen molar-refractivity contribution < 1.29 is 121 Å². The summed E-state index contributed by atoms with van der Waals surface area (Å²) in [6.45, 7) is 9.71. The standard InChI is InChI=1S/C20H25F2NO5.C16H16F2N2O2S.C14H12F2N2O2S.CHNS.ClH.K/c1-5-27-18(25)10-17(24)16-8-12(14-9-13(21)6-7-15(14)22)11-23(16)19(26)28-20(2,3)4;1-2-22-15(21)7-13-14-5-9(8-20(14)16(23)19-13)11-6-10(17)3-4-12(11)18;15-8-1-2-10(16)9(4-8)7-3-12-11(5-13(19)20)17-14(21)18(12)6-7;2-1-3;;/h6-7,9,12,16H,5,8,10-11H2,1-4H3;3-4,6,9H,2,5,7-8H2,1H3,(H,19,23);1-2,4,7H,3,5-6H2,(H,17,21)(H,19,20);3H;1H;/q;;;;;+1/t12-,16?;9-;7-;;;/m111.../s1. The van der Waals surface area contributed by atoms with Crippen LogP contribution in [-0.4, -0.2) is 90.3 Å². The number of nitrogens with zero attached hydrogens (tertiary/aromatic N) is 4. The van der Waals surface area contributed by atoms with Crippen molar-refractivity contribution in [1.29, 1.82) is 5.26 Å². The molecule has 5 aromatic rings. The number of aromatic nitrogens is 4. The number of carbonyl (C=O) groups excluding carboxylic acids is 4. The Hall–Kier alpha value is -4.78. The normalized spacial score (nSPS) is 16.7. The number of rotatable bonds is 12. The molecule has 8 rings (SSSR count). The molecular formula is C51H55ClF6KN6O9S3+. The molecule has 0 spiro atoms. The van der Waals surface area contributed by atoms with Crippen LogP contribution in [0.1, 0.15) is 105 Å². The van der Waals surface area contributed by atoms with E-state index >= 15 is 0 Å². The van der Waals surface area contributed by atoms with E-state index in [1.54, 1.807) is 39.2 Å². The van der Waals surface area contributed by atoms with E-state index in [0.717, 1.165) is 53.9 Å². The fourth-order valence-electron chi connectivity index (χ4n) is 9.06. The van der Waals surface area contributed by atoms with Crippen molar-refractivity contribution in [2.75, 3.05) is 19.8 Å². The number of hydrogen-bond acceptors (Lipinski definition) is 12. The van der Waals surface area contributed by atoms with Gasteiger partial charge in [0.15, 0.2) is 15.3 Å². The van der Waals surface area contributed by atoms with Gasteiger partial charge in [-0.2, -0.15) is 5.26 Å². The minimum Gasteiger partial charge on any atom is -0.481 e. The summed E-state index contributed by atoms with van der Waals surface area (Å²) in [5.41, 5.74) is 2.76. The van der Waals surface area contributed by atoms with E-state index in [2.05, 4.69) is 22.6 Å². The van der Waals surface area contributed by atoms with Gasteiger partial charge in [-0.3, -0.25) is 24.1 Å². The molecule has 3 aliphatic rings. The van der Waals surface area contributed by atoms with Gasteiger partial charge in [0.2, 0.25) is 0 Å². The first-order chi connectivity index (χ1) is 35.4. The van der Waals surface area contributed by atoms with E-state index in [-0.39, 0.29) is 120 Å². The van der Waals surface area contributed by atoms with Crippen LogP contribution in [0.4, 0.5) is 31.1 Å². The average molecular weight is 1180 g/mol. The number of carbonyl (C=O) groups is 5. The second kappa shape index (κ2) is 30.0. The van der Waals surface area contributed by atoms with Crippen LogP contribution in [0.3, 0.4) is 0 Å². The number of H-pyrrole nitrogens is 2. The number of carboxylic acid groups (broad SMARTS) is 1. The molecule has 3 aromatic carbocycles. The van der Waals surface area contributed by atoms with Gasteiger partial charge in [-0.25, -0.2) is 31.1 Å². The molecule has 0 radical (unpaired) electrons. The maximum absolute atomic E-state index is 14.2. The summed E-state index contributed by atoms with van der Waals surface area (Å²) in [7, 11) is 0. The van der Waals surface area contributed by atoms with Gasteiger partial charge in [0, 0.05) is 60.2 Å². The third kappa shape index (κ3) is 18.1. The van der Waals surface area contributed by atoms with Crippen LogP contribution in [0, 0.1) is 55.1 Å². The van der Waals surface area contributed by atoms with Gasteiger partial charge in [-0.1, -0.05) is 12.6 Å². The van der Waals surface area contributed by atoms with Crippen LogP contribution < -0.4 is 51.4 Å². The first kappa shape index (κ1) is 66.5. The second-order valence-electron chi connectivity index (χ2n) is 18.4. The van der Waals surface area contributed by atoms with Crippen molar-refractivity contribution in [1.82, 2.24) is 24.0 Å². The number of ether oxygens (including phenoxy) is 3. The molecule has 1 saturated heterocycles. The van der Waals surface area contributed by atoms with Gasteiger partial charge in [-0.15, -0.1) is 12.4 Å². The molecule has 0 bridgehead atoms. The molecule has 1 fully saturated rings. The topological polar surface area (TPSA) is 202 Å². The number of likely N-dealkylation sites (tertiary alicyclic amines) is 1. The monoisotopic (exact) mass is 1180 g/mol. The van der Waals surface area contributed by atoms with Gasteiger partial charge in [0.1, 0.15) is 52.3 Å². The van der Waals surface area contributed by atoms with Gasteiger partial charge in [-0.05, 0) is 150 Å². The second-order valence-corrected chi connectivity index (χ2v) is 19.4. The zero-order valence-electron chi connectivity index (χ0n) is 42.7. The van der Waals surface area contributed by atoms with E-state index in [9.17, 15) is 50.3 Å². The minimum atomic E-state index is -0.980. The Bertz CT molecular complexity index is 3110. The third-order valence-electron chi connectivity index (χ3n) is 12.1. The molecule has 3 N–H and O–H groups in total. The maximum atomic E-state index is 14.2. The molecule has 1 unspecified atom stereocenters. The number of nitriles is 1. The number of thiol groups is 1. The molecule has 0 saturated carbocycles. The van der Waals surface area contributed by atoms with Gasteiger partial charge >= 0.3 is 75.4 Å². The number of Topliss-reactive ketones (excluding diaryl/α,β-unsaturated/α-hetero) is 1. The minimum absolute atomic E-state index is 0. The summed E-state index contributed by atoms with van der Waals surface area (Å²) in [5, 5.41) is 17.5. The van der Waals surface area contributed by atoms with E-state index in [0.29, 0.717) is 64.6 Å². The first-order valence-corrected chi connectivity index (χ1v) is 24.7. The molecular weight excluding hydrogens is 1130 g/mol. The number of hydrogen-bond donors (Lipinski definition) is 4. The first-order valence-electron chi connectivity index (χ1n) is 23.4. The van der Waals surface area contributed by atoms with E-state index in [4.69, 9.17) is 49.0 Å². The number of ketones is 1. The number of imidazole rings is 2. The molecule has 15 nitrogen and oxygen atoms in total. The third-order valence-corrected chi connectivity index (χ3v) is 12.8. The van der Waals surface area contributed by atoms with Crippen LogP contribution in [0.2, 0.25) is 0 Å². The van der Waals surface area contributed by atoms with Crippen LogP contribution >= 0.6 is 49.5 Å². The molecule has 410 valence electrons. The number of benzene rings is 3. The molecule has 2 aromatic heterocycles. The predicted molar refractivity (Wildman–Crippen MR) is 275 cm³/mol. The quantitative estimate of drug-likeness (QED) is 0.0141. The van der Waals surface area contributed by atoms with Crippen molar-refractivity contribution in [3.63, 3.8) is 0 Å². The van der Waals surface area contributed by atoms with Gasteiger partial charge in [0.25, 0.3) is 0 Å². The number of amides is 1. The SMILES string of the molecule is CCOC(=O)CC(=O)C1C[C@@H](c2cc(F)ccc2F)CN1C(=O)OC(C)(C)C.CCOC(=O)Cc1[nH]c(=S)n2c1C[C@@H](c1cc(F)ccc1F)C2.Cl.N#CS.O=C(O)Cc1[nH]c(=S)n2c1C[C@@H](c1cc(F)ccc1F)C2.[K+]. The fraction of sp³-hybridized carbons (Fsp3) is 0.412. The van der Waals surface area contributed by atoms with Crippen LogP contribution in [0.15, 0.2) is 54.6 Å². The Morgan fingerprint density at radius 1 is 0.714 bits per heavy atom. The summed E-state index contributed by atoms with van der Waals surface area (Å²) < 4.78 is 102. The molecule has 5 heterocycles. The van der Waals surface area contributed by atoms with Crippen LogP contribution in [-0.2, 0) is 72.2 Å². The van der Waals surface area contributed by atoms with E-state index < -0.39 is 82.7 Å². The summed E-state index contributed by atoms with van der Waals surface area (Å²) in [4.78, 5) is 66.5. The molecule has 1 amide bonds. The number of fused-ring (bicyclic) bond motifs is 2. The van der Waals surface area contributed by atoms with Crippen molar-refractivity contribution in [3.05, 3.63) is 139 Å². The van der Waals surface area contributed by atoms with E-state index in [1.807, 2.05) is 4.57 Å². The van der Waals surface area contributed by atoms with Crippen molar-refractivity contribution >= 4 is 79.3 Å². The number of esters is 2. The largest absolute Gasteiger partial charge is 1.00 e. The summed E-state index contributed by atoms with van der Waals surface area (Å²) in [6, 6.07) is 8.94. The summed E-state index contributed by atoms with van der Waals surface area (Å²) in [5.74, 6) is -6.62. The van der Waals surface area contributed by atoms with Crippen molar-refractivity contribution in [2.45, 2.75) is 116 Å². The number of carboxylic acids is 1. The predicted octanol–water partition coefficient (Wildman–Crippen LogP) is 7.46. The summed E-state index contributed by atoms with van der Waals surface area (Å²) >= 11 is 13.5. The zero-order chi connectivity index (χ0) is 55.5. The Morgan fingerprint density at radius 3 is 1.52 bits per heavy atom. The molecule has 4 atom stereocenters. The number of thiocyanates is 1. The molecule has 77 heavy (non-hydrogen) atoms. The zero-order valence-corrected chi connectivity index (χ0v) is 49.2. The Morgan fingerprint density at radius 2 is 1.12 bits per heavy atom. The molecule has 3 aliphatic heterocycles. The van der Waals surface area contributed by atoms with Crippen molar-refractivity contribution in [2.24, 2.45) is 0 Å². The van der Waals surface area contributed by atoms with Gasteiger partial charge < -0.3 is 38.4 Å². The average Bonchev–Trinajstić information content (AvgIpc) is 4.16. The Labute approximate surface area is 504 Å². The van der Waals surface area contributed by atoms with Crippen LogP contribution in [0.5, 0.6) is 0 Å². The number of aliphatic carboxylic acids is 1. The number of halogens is 7.